The average molecular weight is 859 g/mol. The summed E-state index contributed by atoms with van der Waals surface area (Å²) in [5.41, 5.74) is 16.3. The largest absolute Gasteiger partial charge is 0.192 e. The standard InChI is InChI=1S/C62H58N4/c1-59(2,3)49-21-13-43(14-22-49)53-54(44-15-23-50(24-16-44)60(4,5)6)58(48-33-41(37-65)30-42(34-48)38-66)56(46-19-27-52(28-20-46)62(10,11)12)55(45-17-25-51(26-18-45)61(7,8)9)57(53)47-31-39(35-63)29-40(32-47)36-64/h13-34H,1-12H3. The number of nitrogens with zero attached hydrogens (tertiary/aromatic N) is 4. The molecule has 0 amide bonds. The number of nitriles is 4. The van der Waals surface area contributed by atoms with Crippen LogP contribution in [0.15, 0.2) is 133 Å². The molecule has 7 rings (SSSR count). The van der Waals surface area contributed by atoms with Crippen molar-refractivity contribution in [3.05, 3.63) is 178 Å². The normalized spacial score (nSPS) is 11.9. The Morgan fingerprint density at radius 2 is 0.409 bits per heavy atom. The van der Waals surface area contributed by atoms with Gasteiger partial charge in [-0.15, -0.1) is 0 Å². The first-order valence-electron chi connectivity index (χ1n) is 22.6. The Hall–Kier alpha value is -7.50. The summed E-state index contributed by atoms with van der Waals surface area (Å²) in [4.78, 5) is 0. The van der Waals surface area contributed by atoms with E-state index < -0.39 is 0 Å². The summed E-state index contributed by atoms with van der Waals surface area (Å²) in [5.74, 6) is 0. The van der Waals surface area contributed by atoms with Gasteiger partial charge in [0.1, 0.15) is 0 Å². The maximum absolute atomic E-state index is 10.5. The van der Waals surface area contributed by atoms with Gasteiger partial charge in [-0.05, 0) is 147 Å². The molecule has 0 spiro atoms. The van der Waals surface area contributed by atoms with Crippen LogP contribution >= 0.6 is 0 Å². The van der Waals surface area contributed by atoms with Crippen molar-refractivity contribution in [1.29, 1.82) is 21.0 Å². The number of hydrogen-bond donors (Lipinski definition) is 0. The molecule has 0 atom stereocenters. The SMILES string of the molecule is CC(C)(C)c1ccc(-c2c(-c3ccc(C(C)(C)C)cc3)c(-c3cc(C#N)cc(C#N)c3)c(-c3ccc(C(C)(C)C)cc3)c(-c3ccc(C(C)(C)C)cc3)c2-c2cc(C#N)cc(C#N)c2)cc1. The Kier molecular flexibility index (Phi) is 12.3. The van der Waals surface area contributed by atoms with Gasteiger partial charge in [-0.3, -0.25) is 0 Å². The maximum Gasteiger partial charge on any atom is 0.0992 e. The molecule has 4 heteroatoms. The Morgan fingerprint density at radius 1 is 0.242 bits per heavy atom. The zero-order chi connectivity index (χ0) is 47.9. The first kappa shape index (κ1) is 46.5. The van der Waals surface area contributed by atoms with Crippen LogP contribution in [0.4, 0.5) is 0 Å². The molecule has 4 nitrogen and oxygen atoms in total. The van der Waals surface area contributed by atoms with Crippen molar-refractivity contribution in [2.24, 2.45) is 0 Å². The molecule has 0 bridgehead atoms. The van der Waals surface area contributed by atoms with Crippen LogP contribution in [-0.4, -0.2) is 0 Å². The summed E-state index contributed by atoms with van der Waals surface area (Å²) in [7, 11) is 0. The summed E-state index contributed by atoms with van der Waals surface area (Å²) in [6.45, 7) is 26.5. The molecular formula is C62H58N4. The summed E-state index contributed by atoms with van der Waals surface area (Å²) >= 11 is 0. The molecule has 0 aromatic heterocycles. The van der Waals surface area contributed by atoms with E-state index in [1.54, 1.807) is 12.1 Å². The number of benzene rings is 7. The van der Waals surface area contributed by atoms with Crippen molar-refractivity contribution in [3.63, 3.8) is 0 Å². The van der Waals surface area contributed by atoms with E-state index in [9.17, 15) is 21.0 Å². The van der Waals surface area contributed by atoms with Gasteiger partial charge in [-0.2, -0.15) is 21.0 Å². The van der Waals surface area contributed by atoms with Crippen LogP contribution in [0, 0.1) is 45.3 Å². The fourth-order valence-electron chi connectivity index (χ4n) is 8.83. The molecule has 0 aliphatic rings. The summed E-state index contributed by atoms with van der Waals surface area (Å²) in [6.07, 6.45) is 0. The quantitative estimate of drug-likeness (QED) is 0.166. The lowest BCUT2D eigenvalue weighted by Crippen LogP contribution is -2.11. The van der Waals surface area contributed by atoms with E-state index in [2.05, 4.69) is 204 Å². The van der Waals surface area contributed by atoms with Crippen molar-refractivity contribution < 1.29 is 0 Å². The van der Waals surface area contributed by atoms with E-state index in [0.717, 1.165) is 66.8 Å². The zero-order valence-electron chi connectivity index (χ0n) is 40.5. The van der Waals surface area contributed by atoms with Gasteiger partial charge in [0.2, 0.25) is 0 Å². The lowest BCUT2D eigenvalue weighted by atomic mass is 9.72. The average Bonchev–Trinajstić information content (AvgIpc) is 3.29. The Morgan fingerprint density at radius 3 is 0.561 bits per heavy atom. The molecule has 0 radical (unpaired) electrons. The topological polar surface area (TPSA) is 95.2 Å². The highest BCUT2D eigenvalue weighted by Crippen LogP contribution is 2.56. The van der Waals surface area contributed by atoms with E-state index in [1.807, 2.05) is 24.3 Å². The van der Waals surface area contributed by atoms with Crippen molar-refractivity contribution >= 4 is 0 Å². The highest BCUT2D eigenvalue weighted by Gasteiger charge is 2.31. The van der Waals surface area contributed by atoms with Gasteiger partial charge < -0.3 is 0 Å². The van der Waals surface area contributed by atoms with Crippen molar-refractivity contribution in [2.45, 2.75) is 105 Å². The smallest absolute Gasteiger partial charge is 0.0992 e. The van der Waals surface area contributed by atoms with Crippen molar-refractivity contribution in [1.82, 2.24) is 0 Å². The van der Waals surface area contributed by atoms with Crippen LogP contribution in [0.3, 0.4) is 0 Å². The van der Waals surface area contributed by atoms with Gasteiger partial charge in [-0.25, -0.2) is 0 Å². The zero-order valence-corrected chi connectivity index (χ0v) is 40.5. The van der Waals surface area contributed by atoms with Crippen molar-refractivity contribution in [2.75, 3.05) is 0 Å². The summed E-state index contributed by atoms with van der Waals surface area (Å²) in [6, 6.07) is 55.4. The van der Waals surface area contributed by atoms with Crippen LogP contribution in [0.5, 0.6) is 0 Å². The Labute approximate surface area is 393 Å². The van der Waals surface area contributed by atoms with E-state index in [0.29, 0.717) is 22.3 Å². The molecule has 0 aliphatic carbocycles. The summed E-state index contributed by atoms with van der Waals surface area (Å²) in [5, 5.41) is 42.2. The minimum Gasteiger partial charge on any atom is -0.192 e. The van der Waals surface area contributed by atoms with E-state index in [1.165, 1.54) is 22.3 Å². The van der Waals surface area contributed by atoms with E-state index in [4.69, 9.17) is 0 Å². The third-order valence-electron chi connectivity index (χ3n) is 12.6. The summed E-state index contributed by atoms with van der Waals surface area (Å²) < 4.78 is 0. The van der Waals surface area contributed by atoms with Gasteiger partial charge in [0.25, 0.3) is 0 Å². The lowest BCUT2D eigenvalue weighted by molar-refractivity contribution is 0.590. The molecule has 0 unspecified atom stereocenters. The molecule has 0 saturated carbocycles. The molecule has 0 saturated heterocycles. The molecule has 0 fully saturated rings. The van der Waals surface area contributed by atoms with Crippen molar-refractivity contribution in [3.8, 4) is 91.0 Å². The second kappa shape index (κ2) is 17.5. The molecular weight excluding hydrogens is 801 g/mol. The third-order valence-corrected chi connectivity index (χ3v) is 12.6. The third kappa shape index (κ3) is 9.34. The van der Waals surface area contributed by atoms with Gasteiger partial charge in [0.15, 0.2) is 0 Å². The van der Waals surface area contributed by atoms with Crippen LogP contribution in [0.1, 0.15) is 128 Å². The predicted molar refractivity (Wildman–Crippen MR) is 273 cm³/mol. The highest BCUT2D eigenvalue weighted by atomic mass is 14.4. The predicted octanol–water partition coefficient (Wildman–Crippen LogP) is 16.4. The fourth-order valence-corrected chi connectivity index (χ4v) is 8.83. The second-order valence-electron chi connectivity index (χ2n) is 21.6. The molecule has 66 heavy (non-hydrogen) atoms. The second-order valence-corrected chi connectivity index (χ2v) is 21.6. The van der Waals surface area contributed by atoms with E-state index >= 15 is 0 Å². The molecule has 7 aromatic carbocycles. The maximum atomic E-state index is 10.5. The van der Waals surface area contributed by atoms with E-state index in [-0.39, 0.29) is 21.7 Å². The molecule has 0 N–H and O–H groups in total. The monoisotopic (exact) mass is 858 g/mol. The van der Waals surface area contributed by atoms with Crippen LogP contribution in [-0.2, 0) is 21.7 Å². The molecule has 7 aromatic rings. The molecule has 326 valence electrons. The highest BCUT2D eigenvalue weighted by molar-refractivity contribution is 6.15. The Balaban J connectivity index is 1.87. The van der Waals surface area contributed by atoms with Crippen LogP contribution in [0.25, 0.3) is 66.8 Å². The molecule has 0 heterocycles. The fraction of sp³-hybridized carbons (Fsp3) is 0.258. The minimum absolute atomic E-state index is 0.116. The number of hydrogen-bond acceptors (Lipinski definition) is 4. The first-order valence-corrected chi connectivity index (χ1v) is 22.6. The first-order chi connectivity index (χ1) is 31.0. The minimum atomic E-state index is -0.116. The van der Waals surface area contributed by atoms with Gasteiger partial charge in [0.05, 0.1) is 46.5 Å². The van der Waals surface area contributed by atoms with Gasteiger partial charge in [-0.1, -0.05) is 180 Å². The molecule has 0 aliphatic heterocycles. The van der Waals surface area contributed by atoms with Gasteiger partial charge >= 0.3 is 0 Å². The Bertz CT molecular complexity index is 2720. The number of rotatable bonds is 6. The van der Waals surface area contributed by atoms with Crippen LogP contribution < -0.4 is 0 Å². The lowest BCUT2D eigenvalue weighted by Gasteiger charge is -2.30. The van der Waals surface area contributed by atoms with Gasteiger partial charge in [0, 0.05) is 0 Å². The van der Waals surface area contributed by atoms with Crippen LogP contribution in [0.2, 0.25) is 0 Å².